The predicted octanol–water partition coefficient (Wildman–Crippen LogP) is 3.49. The Kier molecular flexibility index (Phi) is 4.83. The molecule has 0 saturated heterocycles. The maximum atomic E-state index is 12.3. The monoisotopic (exact) mass is 359 g/mol. The number of carbonyl (C=O) groups is 1. The van der Waals surface area contributed by atoms with Crippen LogP contribution in [0.3, 0.4) is 0 Å². The Morgan fingerprint density at radius 1 is 1.00 bits per heavy atom. The predicted molar refractivity (Wildman–Crippen MR) is 105 cm³/mol. The number of benzene rings is 2. The molecule has 1 aliphatic rings. The van der Waals surface area contributed by atoms with Gasteiger partial charge >= 0.3 is 0 Å². The van der Waals surface area contributed by atoms with Crippen LogP contribution in [0.5, 0.6) is 0 Å². The van der Waals surface area contributed by atoms with Crippen LogP contribution < -0.4 is 10.9 Å². The lowest BCUT2D eigenvalue weighted by molar-refractivity contribution is 0.102. The van der Waals surface area contributed by atoms with Crippen molar-refractivity contribution in [3.63, 3.8) is 0 Å². The molecule has 1 heterocycles. The molecule has 4 rings (SSSR count). The third-order valence-electron chi connectivity index (χ3n) is 4.98. The summed E-state index contributed by atoms with van der Waals surface area (Å²) in [4.78, 5) is 24.4. The normalized spacial score (nSPS) is 13.0. The number of hydrogen-bond acceptors (Lipinski definition) is 3. The van der Waals surface area contributed by atoms with E-state index in [1.54, 1.807) is 12.1 Å². The van der Waals surface area contributed by atoms with Gasteiger partial charge in [-0.2, -0.15) is 5.10 Å². The van der Waals surface area contributed by atoms with E-state index < -0.39 is 0 Å². The second kappa shape index (κ2) is 7.58. The third kappa shape index (κ3) is 3.82. The van der Waals surface area contributed by atoms with Gasteiger partial charge in [-0.05, 0) is 61.1 Å². The highest BCUT2D eigenvalue weighted by atomic mass is 16.1. The van der Waals surface area contributed by atoms with E-state index in [0.29, 0.717) is 12.0 Å². The van der Waals surface area contributed by atoms with E-state index in [0.717, 1.165) is 53.8 Å². The molecule has 0 saturated carbocycles. The number of hydrogen-bond donors (Lipinski definition) is 2. The molecule has 0 fully saturated rings. The van der Waals surface area contributed by atoms with Gasteiger partial charge in [0.25, 0.3) is 11.5 Å². The van der Waals surface area contributed by atoms with Crippen molar-refractivity contribution in [2.75, 3.05) is 5.32 Å². The van der Waals surface area contributed by atoms with Crippen molar-refractivity contribution in [3.05, 3.63) is 92.9 Å². The van der Waals surface area contributed by atoms with Crippen LogP contribution in [0, 0.1) is 0 Å². The first-order valence-electron chi connectivity index (χ1n) is 9.25. The summed E-state index contributed by atoms with van der Waals surface area (Å²) in [7, 11) is 0. The van der Waals surface area contributed by atoms with E-state index in [-0.39, 0.29) is 11.5 Å². The summed E-state index contributed by atoms with van der Waals surface area (Å²) < 4.78 is 0. The van der Waals surface area contributed by atoms with Crippen LogP contribution in [0.4, 0.5) is 5.69 Å². The number of anilines is 1. The molecule has 0 aliphatic heterocycles. The first-order valence-corrected chi connectivity index (χ1v) is 9.25. The maximum Gasteiger partial charge on any atom is 0.267 e. The largest absolute Gasteiger partial charge is 0.322 e. The molecule has 27 heavy (non-hydrogen) atoms. The van der Waals surface area contributed by atoms with Crippen molar-refractivity contribution in [2.45, 2.75) is 32.1 Å². The van der Waals surface area contributed by atoms with Crippen LogP contribution in [-0.4, -0.2) is 16.1 Å². The van der Waals surface area contributed by atoms with Crippen molar-refractivity contribution in [1.29, 1.82) is 0 Å². The van der Waals surface area contributed by atoms with Gasteiger partial charge in [0, 0.05) is 23.2 Å². The Balaban J connectivity index is 1.55. The molecule has 3 aromatic rings. The van der Waals surface area contributed by atoms with Crippen LogP contribution in [0.2, 0.25) is 0 Å². The Hall–Kier alpha value is -3.21. The molecule has 0 atom stereocenters. The lowest BCUT2D eigenvalue weighted by Gasteiger charge is -2.17. The molecule has 1 aromatic heterocycles. The minimum Gasteiger partial charge on any atom is -0.322 e. The van der Waals surface area contributed by atoms with Crippen LogP contribution in [0.25, 0.3) is 0 Å². The molecule has 2 aromatic carbocycles. The smallest absolute Gasteiger partial charge is 0.267 e. The number of aromatic amines is 1. The summed E-state index contributed by atoms with van der Waals surface area (Å²) in [5.41, 5.74) is 5.28. The van der Waals surface area contributed by atoms with Gasteiger partial charge < -0.3 is 5.32 Å². The van der Waals surface area contributed by atoms with Gasteiger partial charge in [0.2, 0.25) is 0 Å². The van der Waals surface area contributed by atoms with Crippen molar-refractivity contribution in [1.82, 2.24) is 10.2 Å². The molecule has 136 valence electrons. The Labute approximate surface area is 157 Å². The van der Waals surface area contributed by atoms with Gasteiger partial charge in [-0.1, -0.05) is 30.3 Å². The number of nitrogens with zero attached hydrogens (tertiary/aromatic N) is 1. The number of amides is 1. The average molecular weight is 359 g/mol. The van der Waals surface area contributed by atoms with Crippen molar-refractivity contribution in [3.8, 4) is 0 Å². The second-order valence-corrected chi connectivity index (χ2v) is 6.86. The summed E-state index contributed by atoms with van der Waals surface area (Å²) in [6, 6.07) is 16.9. The zero-order valence-electron chi connectivity index (χ0n) is 15.0. The average Bonchev–Trinajstić information content (AvgIpc) is 2.71. The van der Waals surface area contributed by atoms with E-state index in [1.165, 1.54) is 0 Å². The molecule has 0 radical (unpaired) electrons. The summed E-state index contributed by atoms with van der Waals surface area (Å²) in [6.07, 6.45) is 4.52. The zero-order valence-corrected chi connectivity index (χ0v) is 15.0. The lowest BCUT2D eigenvalue weighted by Crippen LogP contribution is -2.23. The standard InChI is InChI=1S/C22H21N3O2/c26-21(16-8-2-1-3-9-16)23-17-10-6-7-15(13-17)14-20-18-11-4-5-12-19(18)22(27)25-24-20/h1-3,6-10,13H,4-5,11-12,14H2,(H,23,26)(H,25,27). The summed E-state index contributed by atoms with van der Waals surface area (Å²) in [5, 5.41) is 9.88. The fourth-order valence-electron chi connectivity index (χ4n) is 3.62. The van der Waals surface area contributed by atoms with Gasteiger partial charge in [0.05, 0.1) is 5.69 Å². The molecular formula is C22H21N3O2. The topological polar surface area (TPSA) is 74.8 Å². The summed E-state index contributed by atoms with van der Waals surface area (Å²) in [5.74, 6) is -0.132. The van der Waals surface area contributed by atoms with Gasteiger partial charge in [-0.25, -0.2) is 5.10 Å². The van der Waals surface area contributed by atoms with E-state index in [1.807, 2.05) is 42.5 Å². The zero-order chi connectivity index (χ0) is 18.6. The minimum atomic E-state index is -0.132. The van der Waals surface area contributed by atoms with Crippen LogP contribution in [0.1, 0.15) is 45.6 Å². The molecule has 1 amide bonds. The molecule has 5 nitrogen and oxygen atoms in total. The Bertz CT molecular complexity index is 1030. The highest BCUT2D eigenvalue weighted by Gasteiger charge is 2.18. The molecular weight excluding hydrogens is 338 g/mol. The Morgan fingerprint density at radius 3 is 2.59 bits per heavy atom. The number of H-pyrrole nitrogens is 1. The fourth-order valence-corrected chi connectivity index (χ4v) is 3.62. The molecule has 2 N–H and O–H groups in total. The van der Waals surface area contributed by atoms with Crippen LogP contribution >= 0.6 is 0 Å². The van der Waals surface area contributed by atoms with Gasteiger partial charge in [0.15, 0.2) is 0 Å². The summed E-state index contributed by atoms with van der Waals surface area (Å²) in [6.45, 7) is 0. The van der Waals surface area contributed by atoms with E-state index in [4.69, 9.17) is 0 Å². The molecule has 0 unspecified atom stereocenters. The highest BCUT2D eigenvalue weighted by Crippen LogP contribution is 2.23. The molecule has 0 spiro atoms. The maximum absolute atomic E-state index is 12.3. The van der Waals surface area contributed by atoms with Gasteiger partial charge in [-0.3, -0.25) is 9.59 Å². The van der Waals surface area contributed by atoms with Crippen molar-refractivity contribution >= 4 is 11.6 Å². The van der Waals surface area contributed by atoms with Crippen molar-refractivity contribution in [2.24, 2.45) is 0 Å². The van der Waals surface area contributed by atoms with Crippen LogP contribution in [-0.2, 0) is 19.3 Å². The lowest BCUT2D eigenvalue weighted by atomic mass is 9.90. The van der Waals surface area contributed by atoms with Crippen LogP contribution in [0.15, 0.2) is 59.4 Å². The SMILES string of the molecule is O=C(Nc1cccc(Cc2n[nH]c(=O)c3c2CCCC3)c1)c1ccccc1. The van der Waals surface area contributed by atoms with E-state index in [9.17, 15) is 9.59 Å². The summed E-state index contributed by atoms with van der Waals surface area (Å²) >= 11 is 0. The molecule has 1 aliphatic carbocycles. The third-order valence-corrected chi connectivity index (χ3v) is 4.98. The number of nitrogens with one attached hydrogen (secondary N) is 2. The van der Waals surface area contributed by atoms with Gasteiger partial charge in [0.1, 0.15) is 0 Å². The molecule has 0 bridgehead atoms. The van der Waals surface area contributed by atoms with Gasteiger partial charge in [-0.15, -0.1) is 0 Å². The number of aromatic nitrogens is 2. The molecule has 5 heteroatoms. The van der Waals surface area contributed by atoms with Crippen molar-refractivity contribution < 1.29 is 4.79 Å². The number of rotatable bonds is 4. The number of carbonyl (C=O) groups excluding carboxylic acids is 1. The first kappa shape index (κ1) is 17.2. The highest BCUT2D eigenvalue weighted by molar-refractivity contribution is 6.04. The quantitative estimate of drug-likeness (QED) is 0.749. The second-order valence-electron chi connectivity index (χ2n) is 6.86. The minimum absolute atomic E-state index is 0.0580. The fraction of sp³-hybridized carbons (Fsp3) is 0.227. The Morgan fingerprint density at radius 2 is 1.78 bits per heavy atom. The van der Waals surface area contributed by atoms with E-state index >= 15 is 0 Å². The number of fused-ring (bicyclic) bond motifs is 1. The van der Waals surface area contributed by atoms with E-state index in [2.05, 4.69) is 15.5 Å². The first-order chi connectivity index (χ1) is 13.2.